The molecule has 1 heterocycles. The van der Waals surface area contributed by atoms with Crippen molar-refractivity contribution < 1.29 is 0 Å². The summed E-state index contributed by atoms with van der Waals surface area (Å²) in [5.74, 6) is 1.05. The third-order valence-electron chi connectivity index (χ3n) is 4.30. The molecule has 26 heavy (non-hydrogen) atoms. The monoisotopic (exact) mass is 372 g/mol. The van der Waals surface area contributed by atoms with E-state index in [1.807, 2.05) is 13.8 Å². The number of nitrogens with zero attached hydrogens (tertiary/aromatic N) is 1. The van der Waals surface area contributed by atoms with Crippen molar-refractivity contribution in [1.29, 1.82) is 0 Å². The zero-order chi connectivity index (χ0) is 19.4. The molecule has 0 aliphatic carbocycles. The van der Waals surface area contributed by atoms with Crippen LogP contribution in [0.3, 0.4) is 0 Å². The third-order valence-corrected chi connectivity index (χ3v) is 4.45. The number of rotatable bonds is 8. The van der Waals surface area contributed by atoms with Crippen molar-refractivity contribution in [3.8, 4) is 0 Å². The summed E-state index contributed by atoms with van der Waals surface area (Å²) in [5, 5.41) is 3.68. The molecule has 0 bridgehead atoms. The van der Waals surface area contributed by atoms with Gasteiger partial charge in [-0.2, -0.15) is 12.6 Å². The smallest absolute Gasteiger partial charge is 0.128 e. The highest BCUT2D eigenvalue weighted by atomic mass is 32.1. The van der Waals surface area contributed by atoms with Crippen LogP contribution in [0.5, 0.6) is 0 Å². The van der Waals surface area contributed by atoms with Gasteiger partial charge in [0.2, 0.25) is 0 Å². The first-order chi connectivity index (χ1) is 12.7. The molecule has 1 aliphatic rings. The third kappa shape index (κ3) is 7.03. The lowest BCUT2D eigenvalue weighted by atomic mass is 9.93. The van der Waals surface area contributed by atoms with Crippen molar-refractivity contribution in [2.75, 3.05) is 13.1 Å². The summed E-state index contributed by atoms with van der Waals surface area (Å²) in [6, 6.07) is 8.64. The lowest BCUT2D eigenvalue weighted by molar-refractivity contribution is 0.904. The van der Waals surface area contributed by atoms with Crippen molar-refractivity contribution in [2.45, 2.75) is 65.6 Å². The minimum atomic E-state index is 0.280. The summed E-state index contributed by atoms with van der Waals surface area (Å²) in [4.78, 5) is 4.59. The highest BCUT2D eigenvalue weighted by Gasteiger charge is 2.13. The van der Waals surface area contributed by atoms with E-state index in [0.29, 0.717) is 0 Å². The maximum atomic E-state index is 4.59. The van der Waals surface area contributed by atoms with Gasteiger partial charge in [-0.25, -0.2) is 0 Å². The van der Waals surface area contributed by atoms with Gasteiger partial charge in [0.05, 0.1) is 6.54 Å². The summed E-state index contributed by atoms with van der Waals surface area (Å²) < 4.78 is 0. The Balaban J connectivity index is 0.00000163. The first-order valence-electron chi connectivity index (χ1n) is 10.1. The fourth-order valence-electron chi connectivity index (χ4n) is 3.21. The van der Waals surface area contributed by atoms with Crippen LogP contribution in [0.1, 0.15) is 65.0 Å². The Morgan fingerprint density at radius 3 is 2.54 bits per heavy atom. The fourth-order valence-corrected chi connectivity index (χ4v) is 3.39. The van der Waals surface area contributed by atoms with Gasteiger partial charge in [-0.15, -0.1) is 0 Å². The first kappa shape index (κ1) is 22.6. The van der Waals surface area contributed by atoms with Gasteiger partial charge in [-0.05, 0) is 49.3 Å². The van der Waals surface area contributed by atoms with E-state index in [-0.39, 0.29) is 5.25 Å². The molecule has 144 valence electrons. The number of aliphatic imine (C=N–C) groups is 1. The van der Waals surface area contributed by atoms with Gasteiger partial charge in [0.1, 0.15) is 5.84 Å². The molecule has 0 saturated heterocycles. The number of benzene rings is 1. The Labute approximate surface area is 166 Å². The van der Waals surface area contributed by atoms with E-state index in [1.165, 1.54) is 22.3 Å². The molecule has 0 radical (unpaired) electrons. The molecule has 0 fully saturated rings. The van der Waals surface area contributed by atoms with Crippen molar-refractivity contribution in [1.82, 2.24) is 5.32 Å². The summed E-state index contributed by atoms with van der Waals surface area (Å²) in [7, 11) is 0. The van der Waals surface area contributed by atoms with Crippen LogP contribution in [-0.2, 0) is 6.42 Å². The average molecular weight is 373 g/mol. The largest absolute Gasteiger partial charge is 0.368 e. The molecule has 1 unspecified atom stereocenters. The Morgan fingerprint density at radius 1 is 1.23 bits per heavy atom. The first-order valence-corrected chi connectivity index (χ1v) is 10.6. The van der Waals surface area contributed by atoms with Crippen molar-refractivity contribution in [3.05, 3.63) is 58.7 Å². The number of hydrogen-bond acceptors (Lipinski definition) is 3. The van der Waals surface area contributed by atoms with E-state index in [4.69, 9.17) is 0 Å². The fraction of sp³-hybridized carbons (Fsp3) is 0.522. The van der Waals surface area contributed by atoms with Gasteiger partial charge in [0.15, 0.2) is 0 Å². The van der Waals surface area contributed by atoms with E-state index >= 15 is 0 Å². The Hall–Kier alpha value is -1.48. The molecule has 0 saturated carbocycles. The number of hydrogen-bond donors (Lipinski definition) is 2. The van der Waals surface area contributed by atoms with Crippen LogP contribution in [0.2, 0.25) is 0 Å². The molecule has 1 aromatic carbocycles. The lowest BCUT2D eigenvalue weighted by Crippen LogP contribution is -2.20. The zero-order valence-corrected chi connectivity index (χ0v) is 18.1. The van der Waals surface area contributed by atoms with Gasteiger partial charge in [-0.3, -0.25) is 4.99 Å². The van der Waals surface area contributed by atoms with Crippen LogP contribution < -0.4 is 5.32 Å². The molecule has 1 aliphatic heterocycles. The van der Waals surface area contributed by atoms with Gasteiger partial charge < -0.3 is 5.32 Å². The Bertz CT molecular complexity index is 627. The predicted molar refractivity (Wildman–Crippen MR) is 121 cm³/mol. The highest BCUT2D eigenvalue weighted by molar-refractivity contribution is 7.81. The summed E-state index contributed by atoms with van der Waals surface area (Å²) in [6.07, 6.45) is 8.91. The highest BCUT2D eigenvalue weighted by Crippen LogP contribution is 2.24. The van der Waals surface area contributed by atoms with Crippen LogP contribution in [0.25, 0.3) is 0 Å². The van der Waals surface area contributed by atoms with Crippen LogP contribution in [0, 0.1) is 0 Å². The van der Waals surface area contributed by atoms with Crippen molar-refractivity contribution in [3.63, 3.8) is 0 Å². The topological polar surface area (TPSA) is 24.4 Å². The second-order valence-corrected chi connectivity index (χ2v) is 7.05. The van der Waals surface area contributed by atoms with Crippen molar-refractivity contribution in [2.24, 2.45) is 4.99 Å². The number of thiol groups is 1. The van der Waals surface area contributed by atoms with Crippen LogP contribution in [0.4, 0.5) is 0 Å². The Kier molecular flexibility index (Phi) is 11.1. The zero-order valence-electron chi connectivity index (χ0n) is 17.2. The minimum Gasteiger partial charge on any atom is -0.368 e. The molecule has 0 spiro atoms. The lowest BCUT2D eigenvalue weighted by Gasteiger charge is -2.15. The summed E-state index contributed by atoms with van der Waals surface area (Å²) >= 11 is 4.58. The molecule has 0 amide bonds. The van der Waals surface area contributed by atoms with E-state index in [9.17, 15) is 0 Å². The summed E-state index contributed by atoms with van der Waals surface area (Å²) in [5.41, 5.74) is 5.53. The number of amidine groups is 1. The van der Waals surface area contributed by atoms with E-state index in [0.717, 1.165) is 44.6 Å². The van der Waals surface area contributed by atoms with E-state index < -0.39 is 0 Å². The molecular formula is C23H36N2S. The number of aryl methyl sites for hydroxylation is 1. The van der Waals surface area contributed by atoms with Crippen LogP contribution >= 0.6 is 12.6 Å². The van der Waals surface area contributed by atoms with E-state index in [1.54, 1.807) is 0 Å². The molecule has 1 atom stereocenters. The molecule has 1 N–H and O–H groups in total. The minimum absolute atomic E-state index is 0.280. The standard InChI is InChI=1S/C21H30N2S.C2H6/c1-4-8-17(5-2)19(15-16(3)24)12-11-18-9-6-7-10-20(18)21-22-13-14-23-21;1-2/h6-10,15-16,24H,4-5,11-14H2,1-3H3,(H,22,23);1-2H3/b17-8-,19-15-;. The van der Waals surface area contributed by atoms with E-state index in [2.05, 4.69) is 80.1 Å². The predicted octanol–water partition coefficient (Wildman–Crippen LogP) is 5.99. The quantitative estimate of drug-likeness (QED) is 0.425. The van der Waals surface area contributed by atoms with Crippen molar-refractivity contribution >= 4 is 18.5 Å². The molecule has 1 aromatic rings. The molecular weight excluding hydrogens is 336 g/mol. The van der Waals surface area contributed by atoms with Gasteiger partial charge in [0.25, 0.3) is 0 Å². The normalized spacial score (nSPS) is 15.7. The summed E-state index contributed by atoms with van der Waals surface area (Å²) in [6.45, 7) is 12.4. The second kappa shape index (κ2) is 12.8. The van der Waals surface area contributed by atoms with Gasteiger partial charge >= 0.3 is 0 Å². The number of nitrogens with one attached hydrogen (secondary N) is 1. The molecule has 2 rings (SSSR count). The Morgan fingerprint density at radius 2 is 1.96 bits per heavy atom. The van der Waals surface area contributed by atoms with Gasteiger partial charge in [0, 0.05) is 17.4 Å². The molecule has 3 heteroatoms. The second-order valence-electron chi connectivity index (χ2n) is 6.24. The number of allylic oxidation sites excluding steroid dienone is 3. The molecule has 0 aromatic heterocycles. The molecule has 2 nitrogen and oxygen atoms in total. The average Bonchev–Trinajstić information content (AvgIpc) is 3.19. The van der Waals surface area contributed by atoms with Gasteiger partial charge in [-0.1, -0.05) is 64.1 Å². The van der Waals surface area contributed by atoms with Crippen LogP contribution in [0.15, 0.2) is 52.6 Å². The SMILES string of the molecule is CC.CC/C=C(CC)\C(=C/C(C)S)CCc1ccccc1C1=NCCN1. The maximum absolute atomic E-state index is 4.59. The maximum Gasteiger partial charge on any atom is 0.128 e. The van der Waals surface area contributed by atoms with Crippen LogP contribution in [-0.4, -0.2) is 24.2 Å².